The van der Waals surface area contributed by atoms with Gasteiger partial charge in [-0.3, -0.25) is 9.59 Å². The van der Waals surface area contributed by atoms with Crippen LogP contribution in [0.25, 0.3) is 0 Å². The number of nitrogens with zero attached hydrogens (tertiary/aromatic N) is 1. The Morgan fingerprint density at radius 1 is 1.08 bits per heavy atom. The largest absolute Gasteiger partial charge is 0.461 e. The van der Waals surface area contributed by atoms with Crippen LogP contribution >= 0.6 is 15.9 Å². The molecule has 1 fully saturated rings. The zero-order valence-electron chi connectivity index (χ0n) is 22.2. The average Bonchev–Trinajstić information content (AvgIpc) is 3.47. The number of amides is 2. The highest BCUT2D eigenvalue weighted by molar-refractivity contribution is 9.10. The van der Waals surface area contributed by atoms with Crippen molar-refractivity contribution < 1.29 is 33.4 Å². The number of aliphatic hydroxyl groups excluding tert-OH is 1. The first kappa shape index (κ1) is 29.9. The number of carbonyl (C=O) groups excluding carboxylic acids is 3. The highest BCUT2D eigenvalue weighted by Gasteiger charge is 2.44. The highest BCUT2D eigenvalue weighted by atomic mass is 79.9. The fraction of sp³-hybridized carbons (Fsp3) is 0.552. The summed E-state index contributed by atoms with van der Waals surface area (Å²) < 4.78 is 17.6. The average molecular weight is 593 g/mol. The fourth-order valence-electron chi connectivity index (χ4n) is 4.71. The number of benzene rings is 1. The number of esters is 1. The third kappa shape index (κ3) is 8.17. The molecule has 0 unspecified atom stereocenters. The lowest BCUT2D eigenvalue weighted by Crippen LogP contribution is -2.40. The van der Waals surface area contributed by atoms with Crippen molar-refractivity contribution in [2.45, 2.75) is 83.8 Å². The molecule has 3 rings (SSSR count). The molecular weight excluding hydrogens is 554 g/mol. The lowest BCUT2D eigenvalue weighted by atomic mass is 9.98. The second-order valence-corrected chi connectivity index (χ2v) is 10.6. The summed E-state index contributed by atoms with van der Waals surface area (Å²) in [5.41, 5.74) is 0.788. The standard InChI is InChI=1S/C29H38BrNO7/c1-20(28(34)31-24(19-36-29(31)35)22-14-10-9-11-15-22)27(37-21(2)33)26-18-23(30)25(38-26)16-12-7-5-3-4-6-8-13-17-32/h9-11,14-15,18,20,24,27,32H,3-8,12-13,16-17,19H2,1-2H3/t20-,24+,27-/m1/s1. The van der Waals surface area contributed by atoms with E-state index < -0.39 is 36.0 Å². The van der Waals surface area contributed by atoms with Crippen molar-refractivity contribution >= 4 is 33.9 Å². The van der Waals surface area contributed by atoms with Crippen LogP contribution in [0.2, 0.25) is 0 Å². The second-order valence-electron chi connectivity index (χ2n) is 9.75. The van der Waals surface area contributed by atoms with Gasteiger partial charge in [-0.05, 0) is 47.3 Å². The van der Waals surface area contributed by atoms with Gasteiger partial charge in [-0.2, -0.15) is 0 Å². The molecule has 208 valence electrons. The topological polar surface area (TPSA) is 106 Å². The molecule has 38 heavy (non-hydrogen) atoms. The highest BCUT2D eigenvalue weighted by Crippen LogP contribution is 2.37. The quantitative estimate of drug-likeness (QED) is 0.182. The number of carbonyl (C=O) groups is 3. The van der Waals surface area contributed by atoms with E-state index in [1.165, 1.54) is 19.8 Å². The molecule has 1 aliphatic rings. The molecule has 1 saturated heterocycles. The number of furan rings is 1. The molecule has 0 aliphatic carbocycles. The van der Waals surface area contributed by atoms with Gasteiger partial charge in [0.05, 0.1) is 10.4 Å². The first-order valence-corrected chi connectivity index (χ1v) is 14.2. The molecule has 1 aliphatic heterocycles. The predicted molar refractivity (Wildman–Crippen MR) is 145 cm³/mol. The Bertz CT molecular complexity index is 1050. The van der Waals surface area contributed by atoms with Crippen LogP contribution in [-0.2, 0) is 25.5 Å². The van der Waals surface area contributed by atoms with Gasteiger partial charge < -0.3 is 19.0 Å². The predicted octanol–water partition coefficient (Wildman–Crippen LogP) is 6.66. The van der Waals surface area contributed by atoms with Crippen molar-refractivity contribution in [3.8, 4) is 0 Å². The van der Waals surface area contributed by atoms with Crippen LogP contribution in [-0.4, -0.2) is 41.2 Å². The van der Waals surface area contributed by atoms with Crippen molar-refractivity contribution in [3.05, 3.63) is 58.0 Å². The van der Waals surface area contributed by atoms with Crippen LogP contribution in [0.1, 0.15) is 94.4 Å². The first-order chi connectivity index (χ1) is 18.3. The minimum absolute atomic E-state index is 0.0681. The maximum atomic E-state index is 13.6. The fourth-order valence-corrected chi connectivity index (χ4v) is 5.22. The van der Waals surface area contributed by atoms with E-state index in [0.717, 1.165) is 65.6 Å². The molecular formula is C29H38BrNO7. The second kappa shape index (κ2) is 15.1. The number of unbranched alkanes of at least 4 members (excludes halogenated alkanes) is 7. The molecule has 2 amide bonds. The number of aryl methyl sites for hydroxylation is 1. The van der Waals surface area contributed by atoms with E-state index in [-0.39, 0.29) is 13.2 Å². The summed E-state index contributed by atoms with van der Waals surface area (Å²) in [6.45, 7) is 3.24. The summed E-state index contributed by atoms with van der Waals surface area (Å²) in [5, 5.41) is 8.84. The number of halogens is 1. The van der Waals surface area contributed by atoms with Gasteiger partial charge in [0.2, 0.25) is 5.91 Å². The summed E-state index contributed by atoms with van der Waals surface area (Å²) in [6, 6.07) is 10.4. The van der Waals surface area contributed by atoms with Gasteiger partial charge in [0.15, 0.2) is 6.10 Å². The summed E-state index contributed by atoms with van der Waals surface area (Å²) >= 11 is 3.55. The Balaban J connectivity index is 1.64. The van der Waals surface area contributed by atoms with Gasteiger partial charge in [0, 0.05) is 20.0 Å². The van der Waals surface area contributed by atoms with Crippen molar-refractivity contribution in [2.75, 3.05) is 13.2 Å². The van der Waals surface area contributed by atoms with E-state index in [1.807, 2.05) is 30.3 Å². The van der Waals surface area contributed by atoms with E-state index in [9.17, 15) is 14.4 Å². The Hall–Kier alpha value is -2.65. The van der Waals surface area contributed by atoms with Gasteiger partial charge in [0.25, 0.3) is 0 Å². The molecule has 9 heteroatoms. The lowest BCUT2D eigenvalue weighted by molar-refractivity contribution is -0.154. The van der Waals surface area contributed by atoms with Gasteiger partial charge in [-0.25, -0.2) is 9.69 Å². The summed E-state index contributed by atoms with van der Waals surface area (Å²) in [7, 11) is 0. The Morgan fingerprint density at radius 2 is 1.71 bits per heavy atom. The molecule has 0 bridgehead atoms. The Morgan fingerprint density at radius 3 is 2.34 bits per heavy atom. The number of aliphatic hydroxyl groups is 1. The van der Waals surface area contributed by atoms with Crippen molar-refractivity contribution in [3.63, 3.8) is 0 Å². The summed E-state index contributed by atoms with van der Waals surface area (Å²) in [5.74, 6) is -0.836. The smallest absolute Gasteiger partial charge is 0.417 e. The van der Waals surface area contributed by atoms with E-state index in [4.69, 9.17) is 19.0 Å². The molecule has 3 atom stereocenters. The molecule has 8 nitrogen and oxygen atoms in total. The van der Waals surface area contributed by atoms with Crippen LogP contribution in [0, 0.1) is 5.92 Å². The van der Waals surface area contributed by atoms with E-state index >= 15 is 0 Å². The SMILES string of the molecule is CC(=O)O[C@@H](c1cc(Br)c(CCCCCCCCCCO)o1)[C@@H](C)C(=O)N1C(=O)OC[C@H]1c1ccccc1. The van der Waals surface area contributed by atoms with Crippen LogP contribution in [0.4, 0.5) is 4.79 Å². The number of hydrogen-bond donors (Lipinski definition) is 1. The monoisotopic (exact) mass is 591 g/mol. The van der Waals surface area contributed by atoms with Crippen molar-refractivity contribution in [1.29, 1.82) is 0 Å². The Kier molecular flexibility index (Phi) is 11.9. The minimum Gasteiger partial charge on any atom is -0.461 e. The molecule has 0 saturated carbocycles. The summed E-state index contributed by atoms with van der Waals surface area (Å²) in [6.07, 6.45) is 7.64. The normalized spacial score (nSPS) is 16.8. The third-order valence-corrected chi connectivity index (χ3v) is 7.47. The Labute approximate surface area is 232 Å². The number of hydrogen-bond acceptors (Lipinski definition) is 7. The lowest BCUT2D eigenvalue weighted by Gasteiger charge is -2.27. The maximum absolute atomic E-state index is 13.6. The molecule has 1 N–H and O–H groups in total. The summed E-state index contributed by atoms with van der Waals surface area (Å²) in [4.78, 5) is 39.2. The van der Waals surface area contributed by atoms with Crippen molar-refractivity contribution in [1.82, 2.24) is 4.90 Å². The number of imide groups is 1. The first-order valence-electron chi connectivity index (χ1n) is 13.4. The van der Waals surface area contributed by atoms with Crippen LogP contribution in [0.5, 0.6) is 0 Å². The molecule has 1 aromatic heterocycles. The van der Waals surface area contributed by atoms with E-state index in [2.05, 4.69) is 15.9 Å². The molecule has 1 aromatic carbocycles. The number of cyclic esters (lactones) is 1. The molecule has 0 spiro atoms. The zero-order chi connectivity index (χ0) is 27.5. The maximum Gasteiger partial charge on any atom is 0.417 e. The zero-order valence-corrected chi connectivity index (χ0v) is 23.8. The van der Waals surface area contributed by atoms with Crippen LogP contribution < -0.4 is 0 Å². The van der Waals surface area contributed by atoms with Crippen LogP contribution in [0.3, 0.4) is 0 Å². The molecule has 0 radical (unpaired) electrons. The van der Waals surface area contributed by atoms with Gasteiger partial charge in [-0.1, -0.05) is 68.9 Å². The van der Waals surface area contributed by atoms with E-state index in [0.29, 0.717) is 5.76 Å². The van der Waals surface area contributed by atoms with Crippen LogP contribution in [0.15, 0.2) is 45.3 Å². The van der Waals surface area contributed by atoms with Gasteiger partial charge in [0.1, 0.15) is 24.2 Å². The van der Waals surface area contributed by atoms with Crippen molar-refractivity contribution in [2.24, 2.45) is 5.92 Å². The van der Waals surface area contributed by atoms with Gasteiger partial charge in [-0.15, -0.1) is 0 Å². The number of ether oxygens (including phenoxy) is 2. The minimum atomic E-state index is -0.992. The molecule has 2 aromatic rings. The third-order valence-electron chi connectivity index (χ3n) is 6.80. The van der Waals surface area contributed by atoms with E-state index in [1.54, 1.807) is 13.0 Å². The van der Waals surface area contributed by atoms with Gasteiger partial charge >= 0.3 is 12.1 Å². The molecule has 2 heterocycles. The number of rotatable bonds is 15.